The molecule has 19 heavy (non-hydrogen) atoms. The minimum absolute atomic E-state index is 0.122. The van der Waals surface area contributed by atoms with Gasteiger partial charge in [0.1, 0.15) is 5.82 Å². The summed E-state index contributed by atoms with van der Waals surface area (Å²) in [5.74, 6) is 0.784. The molecule has 0 unspecified atom stereocenters. The summed E-state index contributed by atoms with van der Waals surface area (Å²) in [4.78, 5) is 0. The average Bonchev–Trinajstić information content (AvgIpc) is 2.68. The molecule has 1 aromatic heterocycles. The molecule has 2 aromatic rings. The van der Waals surface area contributed by atoms with Crippen molar-refractivity contribution in [2.45, 2.75) is 38.5 Å². The van der Waals surface area contributed by atoms with Crippen molar-refractivity contribution < 1.29 is 0 Å². The van der Waals surface area contributed by atoms with Gasteiger partial charge in [0.15, 0.2) is 0 Å². The average molecular weight is 320 g/mol. The first-order chi connectivity index (χ1) is 9.00. The fourth-order valence-corrected chi connectivity index (χ4v) is 3.47. The fourth-order valence-electron chi connectivity index (χ4n) is 3.02. The second-order valence-electron chi connectivity index (χ2n) is 5.81. The number of anilines is 1. The number of fused-ring (bicyclic) bond motifs is 1. The van der Waals surface area contributed by atoms with E-state index >= 15 is 0 Å². The maximum Gasteiger partial charge on any atom is 0.131 e. The molecule has 0 aliphatic heterocycles. The Morgan fingerprint density at radius 3 is 2.74 bits per heavy atom. The van der Waals surface area contributed by atoms with E-state index in [1.807, 2.05) is 28.9 Å². The zero-order valence-electron chi connectivity index (χ0n) is 11.3. The molecule has 3 rings (SSSR count). The highest BCUT2D eigenvalue weighted by Crippen LogP contribution is 2.41. The van der Waals surface area contributed by atoms with Crippen LogP contribution in [0, 0.1) is 0 Å². The Morgan fingerprint density at radius 1 is 1.32 bits per heavy atom. The van der Waals surface area contributed by atoms with Crippen molar-refractivity contribution in [1.82, 2.24) is 9.78 Å². The summed E-state index contributed by atoms with van der Waals surface area (Å²) in [6, 6.07) is 8.05. The number of aromatic nitrogens is 2. The summed E-state index contributed by atoms with van der Waals surface area (Å²) in [7, 11) is 0. The molecule has 0 radical (unpaired) electrons. The van der Waals surface area contributed by atoms with Crippen LogP contribution in [0.1, 0.15) is 37.9 Å². The Labute approximate surface area is 121 Å². The summed E-state index contributed by atoms with van der Waals surface area (Å²) < 4.78 is 2.89. The van der Waals surface area contributed by atoms with Crippen LogP contribution in [-0.4, -0.2) is 9.78 Å². The maximum atomic E-state index is 6.38. The molecule has 0 amide bonds. The van der Waals surface area contributed by atoms with E-state index in [2.05, 4.69) is 29.8 Å². The van der Waals surface area contributed by atoms with Gasteiger partial charge < -0.3 is 5.73 Å². The molecular formula is C15H18BrN3. The lowest BCUT2D eigenvalue weighted by atomic mass is 9.75. The standard InChI is InChI=1S/C15H18BrN3/c1-15(2)9-5-7-11-13(15)14(17)19(18-11)12-8-4-3-6-10(12)16/h3-4,6,8H,5,7,9,17H2,1-2H3. The minimum Gasteiger partial charge on any atom is -0.383 e. The van der Waals surface area contributed by atoms with E-state index in [1.165, 1.54) is 18.4 Å². The number of aryl methyl sites for hydroxylation is 1. The number of rotatable bonds is 1. The van der Waals surface area contributed by atoms with Gasteiger partial charge in [0.25, 0.3) is 0 Å². The number of halogens is 1. The van der Waals surface area contributed by atoms with Crippen LogP contribution in [0.25, 0.3) is 5.69 Å². The molecule has 0 saturated heterocycles. The van der Waals surface area contributed by atoms with Crippen LogP contribution in [0.2, 0.25) is 0 Å². The number of hydrogen-bond donors (Lipinski definition) is 1. The highest BCUT2D eigenvalue weighted by molar-refractivity contribution is 9.10. The molecular weight excluding hydrogens is 302 g/mol. The van der Waals surface area contributed by atoms with E-state index in [9.17, 15) is 0 Å². The second-order valence-corrected chi connectivity index (χ2v) is 6.66. The van der Waals surface area contributed by atoms with Gasteiger partial charge in [-0.1, -0.05) is 26.0 Å². The summed E-state index contributed by atoms with van der Waals surface area (Å²) >= 11 is 3.57. The number of nitrogens with zero attached hydrogens (tertiary/aromatic N) is 2. The fraction of sp³-hybridized carbons (Fsp3) is 0.400. The highest BCUT2D eigenvalue weighted by atomic mass is 79.9. The Hall–Kier alpha value is -1.29. The van der Waals surface area contributed by atoms with Crippen molar-refractivity contribution in [3.05, 3.63) is 40.0 Å². The molecule has 4 heteroatoms. The summed E-state index contributed by atoms with van der Waals surface area (Å²) in [5.41, 5.74) is 9.90. The third-order valence-electron chi connectivity index (χ3n) is 3.97. The first kappa shape index (κ1) is 12.7. The molecule has 0 fully saturated rings. The van der Waals surface area contributed by atoms with Crippen molar-refractivity contribution in [3.63, 3.8) is 0 Å². The van der Waals surface area contributed by atoms with Gasteiger partial charge in [-0.05, 0) is 52.7 Å². The molecule has 1 aliphatic carbocycles. The van der Waals surface area contributed by atoms with Gasteiger partial charge in [-0.3, -0.25) is 0 Å². The zero-order valence-corrected chi connectivity index (χ0v) is 12.9. The van der Waals surface area contributed by atoms with Gasteiger partial charge in [0, 0.05) is 10.0 Å². The summed E-state index contributed by atoms with van der Waals surface area (Å²) in [6.07, 6.45) is 3.39. The molecule has 0 atom stereocenters. The molecule has 0 spiro atoms. The maximum absolute atomic E-state index is 6.38. The molecule has 1 heterocycles. The monoisotopic (exact) mass is 319 g/mol. The highest BCUT2D eigenvalue weighted by Gasteiger charge is 2.33. The van der Waals surface area contributed by atoms with Crippen LogP contribution in [0.3, 0.4) is 0 Å². The van der Waals surface area contributed by atoms with Gasteiger partial charge in [0.05, 0.1) is 11.4 Å². The van der Waals surface area contributed by atoms with E-state index in [0.29, 0.717) is 0 Å². The van der Waals surface area contributed by atoms with Crippen molar-refractivity contribution in [2.24, 2.45) is 0 Å². The SMILES string of the molecule is CC1(C)CCCc2nn(-c3ccccc3Br)c(N)c21. The number of para-hydroxylation sites is 1. The van der Waals surface area contributed by atoms with E-state index < -0.39 is 0 Å². The number of nitrogens with two attached hydrogens (primary N) is 1. The Morgan fingerprint density at radius 2 is 2.05 bits per heavy atom. The van der Waals surface area contributed by atoms with Crippen LogP contribution in [0.5, 0.6) is 0 Å². The first-order valence-electron chi connectivity index (χ1n) is 6.63. The Kier molecular flexibility index (Phi) is 2.93. The van der Waals surface area contributed by atoms with Gasteiger partial charge in [-0.2, -0.15) is 5.10 Å². The predicted octanol–water partition coefficient (Wildman–Crippen LogP) is 3.83. The first-order valence-corrected chi connectivity index (χ1v) is 7.43. The molecule has 1 aromatic carbocycles. The van der Waals surface area contributed by atoms with Crippen LogP contribution < -0.4 is 5.73 Å². The zero-order chi connectivity index (χ0) is 13.6. The molecule has 3 nitrogen and oxygen atoms in total. The number of hydrogen-bond acceptors (Lipinski definition) is 2. The third-order valence-corrected chi connectivity index (χ3v) is 4.64. The largest absolute Gasteiger partial charge is 0.383 e. The van der Waals surface area contributed by atoms with Gasteiger partial charge in [-0.15, -0.1) is 0 Å². The smallest absolute Gasteiger partial charge is 0.131 e. The summed E-state index contributed by atoms with van der Waals surface area (Å²) in [6.45, 7) is 4.51. The van der Waals surface area contributed by atoms with Gasteiger partial charge in [-0.25, -0.2) is 4.68 Å². The van der Waals surface area contributed by atoms with Crippen LogP contribution >= 0.6 is 15.9 Å². The van der Waals surface area contributed by atoms with Crippen LogP contribution in [0.4, 0.5) is 5.82 Å². The second kappa shape index (κ2) is 4.37. The molecule has 0 saturated carbocycles. The van der Waals surface area contributed by atoms with E-state index in [1.54, 1.807) is 0 Å². The topological polar surface area (TPSA) is 43.8 Å². The minimum atomic E-state index is 0.122. The summed E-state index contributed by atoms with van der Waals surface area (Å²) in [5, 5.41) is 4.74. The van der Waals surface area contributed by atoms with Crippen molar-refractivity contribution in [3.8, 4) is 5.69 Å². The van der Waals surface area contributed by atoms with Crippen LogP contribution in [-0.2, 0) is 11.8 Å². The lowest BCUT2D eigenvalue weighted by Gasteiger charge is -2.29. The lowest BCUT2D eigenvalue weighted by molar-refractivity contribution is 0.432. The van der Waals surface area contributed by atoms with Crippen molar-refractivity contribution in [1.29, 1.82) is 0 Å². The van der Waals surface area contributed by atoms with E-state index in [-0.39, 0.29) is 5.41 Å². The number of nitrogen functional groups attached to an aromatic ring is 1. The van der Waals surface area contributed by atoms with Gasteiger partial charge >= 0.3 is 0 Å². The quantitative estimate of drug-likeness (QED) is 0.868. The van der Waals surface area contributed by atoms with E-state index in [4.69, 9.17) is 10.8 Å². The molecule has 2 N–H and O–H groups in total. The van der Waals surface area contributed by atoms with Gasteiger partial charge in [0.2, 0.25) is 0 Å². The number of benzene rings is 1. The van der Waals surface area contributed by atoms with Crippen molar-refractivity contribution >= 4 is 21.7 Å². The molecule has 1 aliphatic rings. The third kappa shape index (κ3) is 1.98. The van der Waals surface area contributed by atoms with Crippen molar-refractivity contribution in [2.75, 3.05) is 5.73 Å². The molecule has 0 bridgehead atoms. The lowest BCUT2D eigenvalue weighted by Crippen LogP contribution is -2.24. The van der Waals surface area contributed by atoms with Crippen LogP contribution in [0.15, 0.2) is 28.7 Å². The Bertz CT molecular complexity index is 628. The predicted molar refractivity (Wildman–Crippen MR) is 81.6 cm³/mol. The van der Waals surface area contributed by atoms with E-state index in [0.717, 1.165) is 28.1 Å². The molecule has 100 valence electrons. The Balaban J connectivity index is 2.21. The normalized spacial score (nSPS) is 17.2.